The average Bonchev–Trinajstić information content (AvgIpc) is 3.07. The number of hydrogen-bond acceptors (Lipinski definition) is 4. The van der Waals surface area contributed by atoms with Gasteiger partial charge in [0.2, 0.25) is 0 Å². The molecule has 0 spiro atoms. The van der Waals surface area contributed by atoms with Crippen LogP contribution in [-0.2, 0) is 17.9 Å². The standard InChI is InChI=1S/C25H19Br2ClN2O4/c1-33-22-12-17(10-20(27)23(22)34-14-16-4-8-19(28)9-5-16)11-21-24(31)30(25(32)29-21)13-15-2-6-18(26)7-3-15/h2-12H,13-14H2,1H3,(H,29,32)/b21-11+. The minimum absolute atomic E-state index is 0.180. The molecule has 0 unspecified atom stereocenters. The highest BCUT2D eigenvalue weighted by Crippen LogP contribution is 2.38. The lowest BCUT2D eigenvalue weighted by atomic mass is 10.1. The van der Waals surface area contributed by atoms with Gasteiger partial charge in [-0.2, -0.15) is 0 Å². The van der Waals surface area contributed by atoms with Gasteiger partial charge in [0.25, 0.3) is 5.91 Å². The Balaban J connectivity index is 1.52. The summed E-state index contributed by atoms with van der Waals surface area (Å²) >= 11 is 12.8. The van der Waals surface area contributed by atoms with E-state index in [0.29, 0.717) is 33.2 Å². The first-order valence-electron chi connectivity index (χ1n) is 10.2. The van der Waals surface area contributed by atoms with E-state index >= 15 is 0 Å². The third-order valence-corrected chi connectivity index (χ3v) is 6.45. The predicted molar refractivity (Wildman–Crippen MR) is 138 cm³/mol. The van der Waals surface area contributed by atoms with Gasteiger partial charge < -0.3 is 14.8 Å². The van der Waals surface area contributed by atoms with E-state index in [1.165, 1.54) is 12.0 Å². The zero-order chi connectivity index (χ0) is 24.2. The number of halogens is 3. The van der Waals surface area contributed by atoms with E-state index in [0.717, 1.165) is 15.6 Å². The summed E-state index contributed by atoms with van der Waals surface area (Å²) in [6.07, 6.45) is 1.61. The molecule has 1 aliphatic heterocycles. The van der Waals surface area contributed by atoms with Gasteiger partial charge in [0.05, 0.1) is 18.1 Å². The Labute approximate surface area is 218 Å². The molecule has 34 heavy (non-hydrogen) atoms. The van der Waals surface area contributed by atoms with Crippen LogP contribution in [0.25, 0.3) is 6.08 Å². The van der Waals surface area contributed by atoms with E-state index in [1.807, 2.05) is 36.4 Å². The van der Waals surface area contributed by atoms with Crippen molar-refractivity contribution >= 4 is 61.5 Å². The second-order valence-corrected chi connectivity index (χ2v) is 9.66. The number of amides is 3. The third-order valence-electron chi connectivity index (χ3n) is 5.08. The quantitative estimate of drug-likeness (QED) is 0.245. The summed E-state index contributed by atoms with van der Waals surface area (Å²) in [4.78, 5) is 26.5. The smallest absolute Gasteiger partial charge is 0.329 e. The van der Waals surface area contributed by atoms with Crippen molar-refractivity contribution in [1.29, 1.82) is 0 Å². The van der Waals surface area contributed by atoms with E-state index in [9.17, 15) is 9.59 Å². The number of carbonyl (C=O) groups excluding carboxylic acids is 2. The first-order valence-corrected chi connectivity index (χ1v) is 12.1. The average molecular weight is 607 g/mol. The molecular formula is C25H19Br2ClN2O4. The predicted octanol–water partition coefficient (Wildman–Crippen LogP) is 6.55. The number of rotatable bonds is 7. The van der Waals surface area contributed by atoms with Crippen LogP contribution in [-0.4, -0.2) is 23.9 Å². The van der Waals surface area contributed by atoms with Crippen molar-refractivity contribution < 1.29 is 19.1 Å². The number of methoxy groups -OCH3 is 1. The Hall–Kier alpha value is -2.81. The Morgan fingerprint density at radius 3 is 2.35 bits per heavy atom. The molecule has 6 nitrogen and oxygen atoms in total. The molecule has 0 saturated carbocycles. The highest BCUT2D eigenvalue weighted by Gasteiger charge is 2.33. The number of nitrogens with one attached hydrogen (secondary N) is 1. The Kier molecular flexibility index (Phi) is 7.60. The van der Waals surface area contributed by atoms with Crippen LogP contribution in [0.5, 0.6) is 11.5 Å². The number of imide groups is 1. The monoisotopic (exact) mass is 604 g/mol. The number of ether oxygens (including phenoxy) is 2. The summed E-state index contributed by atoms with van der Waals surface area (Å²) in [5, 5.41) is 3.30. The number of benzene rings is 3. The molecule has 3 aromatic carbocycles. The van der Waals surface area contributed by atoms with Gasteiger partial charge >= 0.3 is 6.03 Å². The van der Waals surface area contributed by atoms with Gasteiger partial charge in [-0.05, 0) is 75.1 Å². The van der Waals surface area contributed by atoms with E-state index in [-0.39, 0.29) is 12.2 Å². The Morgan fingerprint density at radius 2 is 1.68 bits per heavy atom. The second-order valence-electron chi connectivity index (χ2n) is 7.46. The van der Waals surface area contributed by atoms with Crippen LogP contribution in [0.3, 0.4) is 0 Å². The molecule has 1 fully saturated rings. The molecule has 1 N–H and O–H groups in total. The maximum atomic E-state index is 12.9. The molecule has 4 rings (SSSR count). The summed E-state index contributed by atoms with van der Waals surface area (Å²) in [7, 11) is 1.54. The topological polar surface area (TPSA) is 67.9 Å². The van der Waals surface area contributed by atoms with Crippen molar-refractivity contribution in [3.05, 3.63) is 97.0 Å². The van der Waals surface area contributed by atoms with E-state index in [4.69, 9.17) is 21.1 Å². The lowest BCUT2D eigenvalue weighted by molar-refractivity contribution is -0.123. The van der Waals surface area contributed by atoms with Crippen LogP contribution in [0.1, 0.15) is 16.7 Å². The fourth-order valence-corrected chi connectivity index (χ4v) is 4.32. The molecule has 1 heterocycles. The molecule has 9 heteroatoms. The highest BCUT2D eigenvalue weighted by atomic mass is 79.9. The normalized spacial score (nSPS) is 14.5. The molecule has 1 saturated heterocycles. The van der Waals surface area contributed by atoms with Crippen molar-refractivity contribution in [2.24, 2.45) is 0 Å². The molecule has 1 aliphatic rings. The molecule has 0 aromatic heterocycles. The molecule has 0 aliphatic carbocycles. The van der Waals surface area contributed by atoms with Crippen molar-refractivity contribution in [3.63, 3.8) is 0 Å². The van der Waals surface area contributed by atoms with Gasteiger partial charge in [-0.3, -0.25) is 9.69 Å². The zero-order valence-electron chi connectivity index (χ0n) is 18.0. The second kappa shape index (κ2) is 10.6. The maximum Gasteiger partial charge on any atom is 0.329 e. The molecule has 3 aromatic rings. The van der Waals surface area contributed by atoms with Crippen LogP contribution in [0.15, 0.2) is 75.3 Å². The van der Waals surface area contributed by atoms with Gasteiger partial charge in [0.15, 0.2) is 11.5 Å². The third kappa shape index (κ3) is 5.63. The molecule has 3 amide bonds. The molecule has 0 bridgehead atoms. The molecular weight excluding hydrogens is 588 g/mol. The number of carbonyl (C=O) groups is 2. The minimum atomic E-state index is -0.465. The fraction of sp³-hybridized carbons (Fsp3) is 0.120. The van der Waals surface area contributed by atoms with Gasteiger partial charge in [-0.25, -0.2) is 4.79 Å². The zero-order valence-corrected chi connectivity index (χ0v) is 21.9. The maximum absolute atomic E-state index is 12.9. The highest BCUT2D eigenvalue weighted by molar-refractivity contribution is 9.10. The van der Waals surface area contributed by atoms with Crippen molar-refractivity contribution in [3.8, 4) is 11.5 Å². The first-order chi connectivity index (χ1) is 16.3. The van der Waals surface area contributed by atoms with Crippen molar-refractivity contribution in [2.45, 2.75) is 13.2 Å². The molecule has 174 valence electrons. The molecule has 0 atom stereocenters. The van der Waals surface area contributed by atoms with Crippen LogP contribution in [0.4, 0.5) is 4.79 Å². The summed E-state index contributed by atoms with van der Waals surface area (Å²) in [5.41, 5.74) is 2.65. The van der Waals surface area contributed by atoms with Gasteiger partial charge in [0.1, 0.15) is 12.3 Å². The van der Waals surface area contributed by atoms with Crippen LogP contribution in [0.2, 0.25) is 5.02 Å². The van der Waals surface area contributed by atoms with Gasteiger partial charge in [-0.1, -0.05) is 51.8 Å². The van der Waals surface area contributed by atoms with Crippen LogP contribution in [0, 0.1) is 0 Å². The van der Waals surface area contributed by atoms with Gasteiger partial charge in [0, 0.05) is 9.50 Å². The van der Waals surface area contributed by atoms with E-state index in [2.05, 4.69) is 37.2 Å². The van der Waals surface area contributed by atoms with Gasteiger partial charge in [-0.15, -0.1) is 0 Å². The minimum Gasteiger partial charge on any atom is -0.493 e. The van der Waals surface area contributed by atoms with Crippen LogP contribution < -0.4 is 14.8 Å². The Bertz CT molecular complexity index is 1260. The summed E-state index contributed by atoms with van der Waals surface area (Å²) in [6, 6.07) is 17.9. The van der Waals surface area contributed by atoms with Crippen molar-refractivity contribution in [1.82, 2.24) is 10.2 Å². The number of urea groups is 1. The number of hydrogen-bond donors (Lipinski definition) is 1. The lowest BCUT2D eigenvalue weighted by Gasteiger charge is -2.14. The largest absolute Gasteiger partial charge is 0.493 e. The summed E-state index contributed by atoms with van der Waals surface area (Å²) in [6.45, 7) is 0.506. The summed E-state index contributed by atoms with van der Waals surface area (Å²) in [5.74, 6) is 0.614. The number of nitrogens with zero attached hydrogens (tertiary/aromatic N) is 1. The molecule has 0 radical (unpaired) electrons. The first kappa shape index (κ1) is 24.3. The Morgan fingerprint density at radius 1 is 1.00 bits per heavy atom. The lowest BCUT2D eigenvalue weighted by Crippen LogP contribution is -2.30. The van der Waals surface area contributed by atoms with Crippen molar-refractivity contribution in [2.75, 3.05) is 7.11 Å². The van der Waals surface area contributed by atoms with Crippen LogP contribution >= 0.6 is 43.5 Å². The summed E-state index contributed by atoms with van der Waals surface area (Å²) < 4.78 is 13.0. The SMILES string of the molecule is COc1cc(/C=C2/NC(=O)N(Cc3ccc(Br)cc3)C2=O)cc(Br)c1OCc1ccc(Cl)cc1. The van der Waals surface area contributed by atoms with E-state index in [1.54, 1.807) is 30.3 Å². The fourth-order valence-electron chi connectivity index (χ4n) is 3.35. The van der Waals surface area contributed by atoms with E-state index < -0.39 is 11.9 Å².